The van der Waals surface area contributed by atoms with Crippen molar-refractivity contribution < 1.29 is 0 Å². The Morgan fingerprint density at radius 3 is 2.62 bits per heavy atom. The van der Waals surface area contributed by atoms with Crippen LogP contribution in [0.3, 0.4) is 0 Å². The second-order valence-corrected chi connectivity index (χ2v) is 6.27. The first-order valence-corrected chi connectivity index (χ1v) is 8.40. The number of hydrogen-bond acceptors (Lipinski definition) is 2. The summed E-state index contributed by atoms with van der Waals surface area (Å²) in [5.74, 6) is 0. The maximum Gasteiger partial charge on any atom is 0.119 e. The molecule has 0 N–H and O–H groups in total. The van der Waals surface area contributed by atoms with E-state index in [9.17, 15) is 0 Å². The van der Waals surface area contributed by atoms with E-state index in [1.54, 1.807) is 0 Å². The molecule has 0 unspecified atom stereocenters. The molecule has 3 heteroatoms. The van der Waals surface area contributed by atoms with Crippen molar-refractivity contribution in [1.29, 1.82) is 0 Å². The van der Waals surface area contributed by atoms with Crippen LogP contribution in [-0.2, 0) is 13.0 Å². The Morgan fingerprint density at radius 1 is 0.875 bits per heavy atom. The molecule has 3 heterocycles. The summed E-state index contributed by atoms with van der Waals surface area (Å²) in [6.07, 6.45) is 4.09. The van der Waals surface area contributed by atoms with Crippen LogP contribution in [0, 0.1) is 0 Å². The molecule has 3 nitrogen and oxygen atoms in total. The van der Waals surface area contributed by atoms with Crippen molar-refractivity contribution in [3.8, 4) is 22.5 Å². The molecule has 0 spiro atoms. The maximum atomic E-state index is 4.87. The third-order valence-corrected chi connectivity index (χ3v) is 4.79. The molecule has 0 bridgehead atoms. The van der Waals surface area contributed by atoms with Crippen molar-refractivity contribution in [2.45, 2.75) is 19.4 Å². The maximum absolute atomic E-state index is 4.87. The highest BCUT2D eigenvalue weighted by atomic mass is 15.3. The SMILES string of the molecule is c1ccc(-c2nn3c(c2-c2ccc4ccccc4c2)CCC3)nc1. The van der Waals surface area contributed by atoms with E-state index in [2.05, 4.69) is 52.1 Å². The van der Waals surface area contributed by atoms with Crippen LogP contribution in [0.4, 0.5) is 0 Å². The topological polar surface area (TPSA) is 30.7 Å². The molecule has 0 radical (unpaired) electrons. The lowest BCUT2D eigenvalue weighted by Crippen LogP contribution is -1.94. The molecule has 0 fully saturated rings. The van der Waals surface area contributed by atoms with Crippen molar-refractivity contribution in [2.75, 3.05) is 0 Å². The number of aryl methyl sites for hydroxylation is 1. The summed E-state index contributed by atoms with van der Waals surface area (Å²) >= 11 is 0. The molecular weight excluding hydrogens is 294 g/mol. The fourth-order valence-electron chi connectivity index (χ4n) is 3.66. The Balaban J connectivity index is 1.77. The van der Waals surface area contributed by atoms with Crippen molar-refractivity contribution in [1.82, 2.24) is 14.8 Å². The average molecular weight is 311 g/mol. The summed E-state index contributed by atoms with van der Waals surface area (Å²) in [6, 6.07) is 21.2. The van der Waals surface area contributed by atoms with E-state index in [4.69, 9.17) is 5.10 Å². The Kier molecular flexibility index (Phi) is 2.98. The number of pyridine rings is 1. The number of benzene rings is 2. The standard InChI is InChI=1S/C21H17N3/c1-2-7-16-14-17(11-10-15(16)6-1)20-19-9-5-13-24(19)23-21(20)18-8-3-4-12-22-18/h1-4,6-8,10-12,14H,5,9,13H2. The zero-order valence-electron chi connectivity index (χ0n) is 13.3. The highest BCUT2D eigenvalue weighted by Crippen LogP contribution is 2.37. The molecule has 0 atom stereocenters. The molecule has 2 aromatic heterocycles. The van der Waals surface area contributed by atoms with E-state index >= 15 is 0 Å². The van der Waals surface area contributed by atoms with Gasteiger partial charge in [0.25, 0.3) is 0 Å². The second-order valence-electron chi connectivity index (χ2n) is 6.27. The summed E-state index contributed by atoms with van der Waals surface area (Å²) in [4.78, 5) is 4.53. The van der Waals surface area contributed by atoms with E-state index in [1.165, 1.54) is 34.0 Å². The molecule has 116 valence electrons. The van der Waals surface area contributed by atoms with Gasteiger partial charge >= 0.3 is 0 Å². The zero-order valence-corrected chi connectivity index (χ0v) is 13.3. The molecule has 5 rings (SSSR count). The second kappa shape index (κ2) is 5.31. The van der Waals surface area contributed by atoms with Gasteiger partial charge in [0.05, 0.1) is 5.69 Å². The van der Waals surface area contributed by atoms with Crippen LogP contribution < -0.4 is 0 Å². The quantitative estimate of drug-likeness (QED) is 0.536. The summed E-state index contributed by atoms with van der Waals surface area (Å²) in [5.41, 5.74) is 5.77. The van der Waals surface area contributed by atoms with Gasteiger partial charge in [-0.2, -0.15) is 5.10 Å². The third-order valence-electron chi connectivity index (χ3n) is 4.79. The summed E-state index contributed by atoms with van der Waals surface area (Å²) in [6.45, 7) is 1.00. The van der Waals surface area contributed by atoms with Gasteiger partial charge in [0.15, 0.2) is 0 Å². The van der Waals surface area contributed by atoms with Crippen LogP contribution in [0.2, 0.25) is 0 Å². The van der Waals surface area contributed by atoms with Crippen LogP contribution in [0.15, 0.2) is 66.9 Å². The van der Waals surface area contributed by atoms with Gasteiger partial charge in [0, 0.05) is 24.0 Å². The van der Waals surface area contributed by atoms with Crippen molar-refractivity contribution in [3.05, 3.63) is 72.6 Å². The van der Waals surface area contributed by atoms with Crippen LogP contribution in [-0.4, -0.2) is 14.8 Å². The van der Waals surface area contributed by atoms with Crippen LogP contribution in [0.25, 0.3) is 33.3 Å². The molecule has 0 aliphatic carbocycles. The van der Waals surface area contributed by atoms with E-state index < -0.39 is 0 Å². The van der Waals surface area contributed by atoms with Gasteiger partial charge < -0.3 is 0 Å². The highest BCUT2D eigenvalue weighted by molar-refractivity contribution is 5.90. The first kappa shape index (κ1) is 13.5. The molecule has 0 amide bonds. The van der Waals surface area contributed by atoms with Gasteiger partial charge in [0.1, 0.15) is 5.69 Å². The lowest BCUT2D eigenvalue weighted by Gasteiger charge is -2.07. The summed E-state index contributed by atoms with van der Waals surface area (Å²) in [5, 5.41) is 7.40. The normalized spacial score (nSPS) is 13.3. The van der Waals surface area contributed by atoms with Crippen LogP contribution >= 0.6 is 0 Å². The smallest absolute Gasteiger partial charge is 0.119 e. The lowest BCUT2D eigenvalue weighted by molar-refractivity contribution is 0.658. The first-order chi connectivity index (χ1) is 11.9. The molecule has 0 saturated heterocycles. The van der Waals surface area contributed by atoms with Crippen molar-refractivity contribution in [2.24, 2.45) is 0 Å². The molecule has 1 aliphatic rings. The molecule has 1 aliphatic heterocycles. The third kappa shape index (κ3) is 2.05. The number of nitrogens with zero attached hydrogens (tertiary/aromatic N) is 3. The van der Waals surface area contributed by atoms with Crippen LogP contribution in [0.1, 0.15) is 12.1 Å². The molecule has 4 aromatic rings. The summed E-state index contributed by atoms with van der Waals surface area (Å²) in [7, 11) is 0. The van der Waals surface area contributed by atoms with Gasteiger partial charge in [0.2, 0.25) is 0 Å². The predicted octanol–water partition coefficient (Wildman–Crippen LogP) is 4.71. The van der Waals surface area contributed by atoms with E-state index in [-0.39, 0.29) is 0 Å². The predicted molar refractivity (Wildman–Crippen MR) is 96.7 cm³/mol. The van der Waals surface area contributed by atoms with Crippen molar-refractivity contribution >= 4 is 10.8 Å². The minimum atomic E-state index is 0.947. The van der Waals surface area contributed by atoms with Crippen LogP contribution in [0.5, 0.6) is 0 Å². The minimum Gasteiger partial charge on any atom is -0.268 e. The zero-order chi connectivity index (χ0) is 15.9. The number of hydrogen-bond donors (Lipinski definition) is 0. The molecular formula is C21H17N3. The Labute approximate surface area is 140 Å². The lowest BCUT2D eigenvalue weighted by atomic mass is 9.97. The molecule has 24 heavy (non-hydrogen) atoms. The Hall–Kier alpha value is -2.94. The summed E-state index contributed by atoms with van der Waals surface area (Å²) < 4.78 is 2.16. The number of rotatable bonds is 2. The van der Waals surface area contributed by atoms with Gasteiger partial charge in [-0.1, -0.05) is 42.5 Å². The largest absolute Gasteiger partial charge is 0.268 e. The van der Waals surface area contributed by atoms with Gasteiger partial charge in [-0.15, -0.1) is 0 Å². The van der Waals surface area contributed by atoms with E-state index in [0.29, 0.717) is 0 Å². The number of fused-ring (bicyclic) bond motifs is 2. The molecule has 2 aromatic carbocycles. The first-order valence-electron chi connectivity index (χ1n) is 8.40. The Morgan fingerprint density at radius 2 is 1.75 bits per heavy atom. The van der Waals surface area contributed by atoms with E-state index in [1.807, 2.05) is 24.4 Å². The monoisotopic (exact) mass is 311 g/mol. The average Bonchev–Trinajstić information content (AvgIpc) is 3.23. The fourth-order valence-corrected chi connectivity index (χ4v) is 3.66. The van der Waals surface area contributed by atoms with Gasteiger partial charge in [-0.25, -0.2) is 0 Å². The number of aromatic nitrogens is 3. The van der Waals surface area contributed by atoms with E-state index in [0.717, 1.165) is 24.4 Å². The van der Waals surface area contributed by atoms with Gasteiger partial charge in [-0.05, 0) is 47.4 Å². The Bertz CT molecular complexity index is 1030. The highest BCUT2D eigenvalue weighted by Gasteiger charge is 2.24. The molecule has 0 saturated carbocycles. The van der Waals surface area contributed by atoms with Crippen molar-refractivity contribution in [3.63, 3.8) is 0 Å². The fraction of sp³-hybridized carbons (Fsp3) is 0.143. The minimum absolute atomic E-state index is 0.947. The van der Waals surface area contributed by atoms with Gasteiger partial charge in [-0.3, -0.25) is 9.67 Å².